The summed E-state index contributed by atoms with van der Waals surface area (Å²) in [7, 11) is 1.49. The molecule has 0 radical (unpaired) electrons. The van der Waals surface area contributed by atoms with E-state index in [-0.39, 0.29) is 0 Å². The minimum absolute atomic E-state index is 0.396. The van der Waals surface area contributed by atoms with Crippen LogP contribution in [-0.2, 0) is 6.54 Å². The SMILES string of the molecule is CCn1nccc1C(O)c1cc(F)ccc1OC. The second kappa shape index (κ2) is 5.18. The molecule has 1 N–H and O–H groups in total. The van der Waals surface area contributed by atoms with Crippen molar-refractivity contribution in [2.75, 3.05) is 7.11 Å². The number of aliphatic hydroxyl groups excluding tert-OH is 1. The first kappa shape index (κ1) is 12.6. The third-order valence-corrected chi connectivity index (χ3v) is 2.82. The maximum absolute atomic E-state index is 13.3. The van der Waals surface area contributed by atoms with E-state index in [1.54, 1.807) is 16.9 Å². The molecule has 1 aromatic heterocycles. The molecule has 0 saturated carbocycles. The molecule has 0 aliphatic carbocycles. The quantitative estimate of drug-likeness (QED) is 0.904. The third kappa shape index (κ3) is 2.22. The van der Waals surface area contributed by atoms with Gasteiger partial charge < -0.3 is 9.84 Å². The number of aliphatic hydroxyl groups is 1. The average molecular weight is 250 g/mol. The largest absolute Gasteiger partial charge is 0.496 e. The summed E-state index contributed by atoms with van der Waals surface area (Å²) in [6.45, 7) is 2.56. The lowest BCUT2D eigenvalue weighted by Gasteiger charge is -2.16. The van der Waals surface area contributed by atoms with Gasteiger partial charge in [0.15, 0.2) is 0 Å². The van der Waals surface area contributed by atoms with Crippen LogP contribution in [-0.4, -0.2) is 22.0 Å². The minimum atomic E-state index is -0.960. The molecule has 1 atom stereocenters. The van der Waals surface area contributed by atoms with Gasteiger partial charge in [-0.1, -0.05) is 0 Å². The first-order valence-electron chi connectivity index (χ1n) is 5.70. The number of hydrogen-bond acceptors (Lipinski definition) is 3. The van der Waals surface area contributed by atoms with Crippen LogP contribution in [0.2, 0.25) is 0 Å². The molecule has 1 unspecified atom stereocenters. The number of aryl methyl sites for hydroxylation is 1. The predicted molar refractivity (Wildman–Crippen MR) is 64.9 cm³/mol. The molecule has 0 aliphatic heterocycles. The molecule has 0 amide bonds. The number of rotatable bonds is 4. The van der Waals surface area contributed by atoms with Gasteiger partial charge in [0.05, 0.1) is 12.8 Å². The minimum Gasteiger partial charge on any atom is -0.496 e. The fourth-order valence-corrected chi connectivity index (χ4v) is 1.92. The zero-order chi connectivity index (χ0) is 13.1. The van der Waals surface area contributed by atoms with Gasteiger partial charge in [0, 0.05) is 18.3 Å². The van der Waals surface area contributed by atoms with Crippen molar-refractivity contribution < 1.29 is 14.2 Å². The Morgan fingerprint density at radius 2 is 2.22 bits per heavy atom. The summed E-state index contributed by atoms with van der Waals surface area (Å²) >= 11 is 0. The van der Waals surface area contributed by atoms with Crippen LogP contribution in [0.3, 0.4) is 0 Å². The zero-order valence-corrected chi connectivity index (χ0v) is 10.3. The van der Waals surface area contributed by atoms with E-state index in [0.717, 1.165) is 0 Å². The second-order valence-corrected chi connectivity index (χ2v) is 3.86. The molecule has 0 bridgehead atoms. The van der Waals surface area contributed by atoms with Crippen LogP contribution >= 0.6 is 0 Å². The van der Waals surface area contributed by atoms with E-state index in [0.29, 0.717) is 23.6 Å². The van der Waals surface area contributed by atoms with Crippen molar-refractivity contribution in [2.45, 2.75) is 19.6 Å². The topological polar surface area (TPSA) is 47.3 Å². The van der Waals surface area contributed by atoms with Crippen LogP contribution in [0.15, 0.2) is 30.5 Å². The molecular weight excluding hydrogens is 235 g/mol. The second-order valence-electron chi connectivity index (χ2n) is 3.86. The van der Waals surface area contributed by atoms with E-state index in [4.69, 9.17) is 4.74 Å². The van der Waals surface area contributed by atoms with Gasteiger partial charge in [-0.05, 0) is 31.2 Å². The Hall–Kier alpha value is -1.88. The molecule has 18 heavy (non-hydrogen) atoms. The van der Waals surface area contributed by atoms with Gasteiger partial charge in [-0.2, -0.15) is 5.10 Å². The molecule has 1 aromatic carbocycles. The fourth-order valence-electron chi connectivity index (χ4n) is 1.92. The molecule has 1 heterocycles. The van der Waals surface area contributed by atoms with Crippen molar-refractivity contribution in [3.05, 3.63) is 47.5 Å². The summed E-state index contributed by atoms with van der Waals surface area (Å²) in [4.78, 5) is 0. The first-order valence-corrected chi connectivity index (χ1v) is 5.70. The van der Waals surface area contributed by atoms with Crippen molar-refractivity contribution in [1.82, 2.24) is 9.78 Å². The van der Waals surface area contributed by atoms with Gasteiger partial charge in [0.1, 0.15) is 17.7 Å². The van der Waals surface area contributed by atoms with Gasteiger partial charge in [0.2, 0.25) is 0 Å². The molecule has 4 nitrogen and oxygen atoms in total. The van der Waals surface area contributed by atoms with Gasteiger partial charge in [-0.3, -0.25) is 4.68 Å². The maximum atomic E-state index is 13.3. The lowest BCUT2D eigenvalue weighted by Crippen LogP contribution is -2.10. The molecular formula is C13H15FN2O2. The smallest absolute Gasteiger partial charge is 0.125 e. The highest BCUT2D eigenvalue weighted by Gasteiger charge is 2.19. The fraction of sp³-hybridized carbons (Fsp3) is 0.308. The summed E-state index contributed by atoms with van der Waals surface area (Å²) in [5.74, 6) is 0.0418. The van der Waals surface area contributed by atoms with Crippen LogP contribution in [0.5, 0.6) is 5.75 Å². The standard InChI is InChI=1S/C13H15FN2O2/c1-3-16-11(6-7-15-16)13(17)10-8-9(14)4-5-12(10)18-2/h4-8,13,17H,3H2,1-2H3. The lowest BCUT2D eigenvalue weighted by molar-refractivity contribution is 0.202. The third-order valence-electron chi connectivity index (χ3n) is 2.82. The van der Waals surface area contributed by atoms with E-state index in [1.165, 1.54) is 25.3 Å². The van der Waals surface area contributed by atoms with Crippen LogP contribution in [0.4, 0.5) is 4.39 Å². The van der Waals surface area contributed by atoms with E-state index in [9.17, 15) is 9.50 Å². The Bertz CT molecular complexity index is 540. The number of methoxy groups -OCH3 is 1. The zero-order valence-electron chi connectivity index (χ0n) is 10.3. The molecule has 0 aliphatic rings. The highest BCUT2D eigenvalue weighted by Crippen LogP contribution is 2.30. The highest BCUT2D eigenvalue weighted by molar-refractivity contribution is 5.39. The Morgan fingerprint density at radius 3 is 2.89 bits per heavy atom. The molecule has 0 fully saturated rings. The van der Waals surface area contributed by atoms with E-state index in [1.807, 2.05) is 6.92 Å². The van der Waals surface area contributed by atoms with Crippen LogP contribution in [0.25, 0.3) is 0 Å². The Kier molecular flexibility index (Phi) is 3.62. The number of benzene rings is 1. The van der Waals surface area contributed by atoms with Crippen molar-refractivity contribution in [3.8, 4) is 5.75 Å². The van der Waals surface area contributed by atoms with Gasteiger partial charge in [-0.15, -0.1) is 0 Å². The van der Waals surface area contributed by atoms with Crippen molar-refractivity contribution in [3.63, 3.8) is 0 Å². The molecule has 96 valence electrons. The summed E-state index contributed by atoms with van der Waals surface area (Å²) in [6.07, 6.45) is 0.645. The Morgan fingerprint density at radius 1 is 1.44 bits per heavy atom. The maximum Gasteiger partial charge on any atom is 0.125 e. The monoisotopic (exact) mass is 250 g/mol. The predicted octanol–water partition coefficient (Wildman–Crippen LogP) is 2.13. The normalized spacial score (nSPS) is 12.4. The van der Waals surface area contributed by atoms with Crippen molar-refractivity contribution in [1.29, 1.82) is 0 Å². The molecule has 2 aromatic rings. The summed E-state index contributed by atoms with van der Waals surface area (Å²) in [5.41, 5.74) is 1.01. The van der Waals surface area contributed by atoms with Gasteiger partial charge in [0.25, 0.3) is 0 Å². The summed E-state index contributed by atoms with van der Waals surface area (Å²) in [5, 5.41) is 14.4. The number of hydrogen-bond donors (Lipinski definition) is 1. The highest BCUT2D eigenvalue weighted by atomic mass is 19.1. The Balaban J connectivity index is 2.45. The van der Waals surface area contributed by atoms with Gasteiger partial charge >= 0.3 is 0 Å². The summed E-state index contributed by atoms with van der Waals surface area (Å²) in [6, 6.07) is 5.78. The number of aromatic nitrogens is 2. The number of nitrogens with zero attached hydrogens (tertiary/aromatic N) is 2. The molecule has 0 saturated heterocycles. The van der Waals surface area contributed by atoms with Gasteiger partial charge in [-0.25, -0.2) is 4.39 Å². The van der Waals surface area contributed by atoms with Crippen LogP contribution in [0, 0.1) is 5.82 Å². The lowest BCUT2D eigenvalue weighted by atomic mass is 10.1. The number of halogens is 1. The Labute approximate surface area is 105 Å². The number of ether oxygens (including phenoxy) is 1. The van der Waals surface area contributed by atoms with Crippen LogP contribution < -0.4 is 4.74 Å². The van der Waals surface area contributed by atoms with E-state index < -0.39 is 11.9 Å². The summed E-state index contributed by atoms with van der Waals surface area (Å²) < 4.78 is 20.1. The van der Waals surface area contributed by atoms with E-state index >= 15 is 0 Å². The van der Waals surface area contributed by atoms with Crippen molar-refractivity contribution in [2.24, 2.45) is 0 Å². The van der Waals surface area contributed by atoms with Crippen molar-refractivity contribution >= 4 is 0 Å². The van der Waals surface area contributed by atoms with E-state index in [2.05, 4.69) is 5.10 Å². The molecule has 2 rings (SSSR count). The average Bonchev–Trinajstić information content (AvgIpc) is 2.86. The first-order chi connectivity index (χ1) is 8.67. The molecule has 0 spiro atoms. The molecule has 5 heteroatoms. The van der Waals surface area contributed by atoms with Crippen LogP contribution in [0.1, 0.15) is 24.3 Å².